The molecule has 0 atom stereocenters. The zero-order valence-corrected chi connectivity index (χ0v) is 12.1. The second kappa shape index (κ2) is 5.34. The van der Waals surface area contributed by atoms with Crippen LogP contribution in [0, 0.1) is 5.82 Å². The summed E-state index contributed by atoms with van der Waals surface area (Å²) in [6.45, 7) is 0. The zero-order valence-electron chi connectivity index (χ0n) is 11.3. The normalized spacial score (nSPS) is 15.4. The predicted molar refractivity (Wildman–Crippen MR) is 80.4 cm³/mol. The van der Waals surface area contributed by atoms with E-state index < -0.39 is 5.82 Å². The van der Waals surface area contributed by atoms with E-state index >= 15 is 0 Å². The van der Waals surface area contributed by atoms with Gasteiger partial charge in [-0.25, -0.2) is 4.39 Å². The molecule has 0 spiro atoms. The average Bonchev–Trinajstić information content (AvgIpc) is 2.78. The van der Waals surface area contributed by atoms with Crippen molar-refractivity contribution in [2.24, 2.45) is 0 Å². The molecule has 0 radical (unpaired) electrons. The van der Waals surface area contributed by atoms with Crippen molar-refractivity contribution in [1.82, 2.24) is 0 Å². The van der Waals surface area contributed by atoms with E-state index in [0.29, 0.717) is 28.1 Å². The monoisotopic (exact) mass is 302 g/mol. The van der Waals surface area contributed by atoms with Crippen molar-refractivity contribution < 1.29 is 13.9 Å². The summed E-state index contributed by atoms with van der Waals surface area (Å²) in [6, 6.07) is 9.90. The number of rotatable bonds is 2. The van der Waals surface area contributed by atoms with Crippen LogP contribution in [0.4, 0.5) is 4.39 Å². The molecule has 4 heteroatoms. The van der Waals surface area contributed by atoms with Gasteiger partial charge in [-0.1, -0.05) is 29.8 Å². The first-order valence-corrected chi connectivity index (χ1v) is 6.84. The van der Waals surface area contributed by atoms with Crippen LogP contribution >= 0.6 is 11.6 Å². The van der Waals surface area contributed by atoms with E-state index in [2.05, 4.69) is 0 Å². The summed E-state index contributed by atoms with van der Waals surface area (Å²) in [5, 5.41) is 0.588. The largest absolute Gasteiger partial charge is 0.494 e. The number of methoxy groups -OCH3 is 1. The second-order valence-corrected chi connectivity index (χ2v) is 5.24. The molecular weight excluding hydrogens is 291 g/mol. The van der Waals surface area contributed by atoms with Crippen LogP contribution in [-0.2, 0) is 6.42 Å². The first-order valence-electron chi connectivity index (χ1n) is 6.46. The van der Waals surface area contributed by atoms with Gasteiger partial charge in [-0.05, 0) is 35.4 Å². The van der Waals surface area contributed by atoms with E-state index in [9.17, 15) is 9.18 Å². The van der Waals surface area contributed by atoms with Crippen LogP contribution in [0.5, 0.6) is 5.75 Å². The van der Waals surface area contributed by atoms with Gasteiger partial charge in [0.2, 0.25) is 0 Å². The van der Waals surface area contributed by atoms with Gasteiger partial charge in [0, 0.05) is 22.6 Å². The van der Waals surface area contributed by atoms with Crippen molar-refractivity contribution in [3.8, 4) is 5.75 Å². The van der Waals surface area contributed by atoms with E-state index in [0.717, 1.165) is 5.56 Å². The summed E-state index contributed by atoms with van der Waals surface area (Å²) in [7, 11) is 1.41. The van der Waals surface area contributed by atoms with Crippen LogP contribution in [0.3, 0.4) is 0 Å². The molecule has 0 N–H and O–H groups in total. The highest BCUT2D eigenvalue weighted by atomic mass is 35.5. The first-order chi connectivity index (χ1) is 10.1. The molecule has 2 aromatic rings. The number of Topliss-reactive ketones (excluding diaryl/α,β-unsaturated/α-hetero) is 1. The maximum Gasteiger partial charge on any atom is 0.189 e. The molecule has 0 bridgehead atoms. The number of benzene rings is 2. The van der Waals surface area contributed by atoms with Crippen LogP contribution in [0.15, 0.2) is 42.0 Å². The molecule has 21 heavy (non-hydrogen) atoms. The lowest BCUT2D eigenvalue weighted by molar-refractivity contribution is 0.104. The molecule has 3 rings (SSSR count). The molecule has 0 aromatic heterocycles. The highest BCUT2D eigenvalue weighted by Crippen LogP contribution is 2.33. The number of carbonyl (C=O) groups is 1. The second-order valence-electron chi connectivity index (χ2n) is 4.84. The molecule has 2 nitrogen and oxygen atoms in total. The minimum Gasteiger partial charge on any atom is -0.494 e. The van der Waals surface area contributed by atoms with Gasteiger partial charge in [-0.15, -0.1) is 0 Å². The average molecular weight is 303 g/mol. The number of ketones is 1. The Labute approximate surface area is 126 Å². The molecule has 1 aliphatic rings. The molecule has 0 aliphatic heterocycles. The van der Waals surface area contributed by atoms with Crippen molar-refractivity contribution >= 4 is 23.5 Å². The zero-order chi connectivity index (χ0) is 15.0. The Bertz CT molecular complexity index is 765. The van der Waals surface area contributed by atoms with Crippen LogP contribution in [0.25, 0.3) is 6.08 Å². The van der Waals surface area contributed by atoms with Gasteiger partial charge in [0.25, 0.3) is 0 Å². The van der Waals surface area contributed by atoms with Crippen LogP contribution in [0.1, 0.15) is 21.5 Å². The molecular formula is C17H12ClFO2. The SMILES string of the molecule is COc1ccc(/C=C2/Cc3c(Cl)cccc3C2=O)cc1F. The third kappa shape index (κ3) is 2.45. The fraction of sp³-hybridized carbons (Fsp3) is 0.118. The first kappa shape index (κ1) is 13.8. The number of hydrogen-bond acceptors (Lipinski definition) is 2. The van der Waals surface area contributed by atoms with E-state index in [-0.39, 0.29) is 11.5 Å². The number of fused-ring (bicyclic) bond motifs is 1. The highest BCUT2D eigenvalue weighted by Gasteiger charge is 2.26. The van der Waals surface area contributed by atoms with Gasteiger partial charge >= 0.3 is 0 Å². The Morgan fingerprint density at radius 1 is 1.29 bits per heavy atom. The van der Waals surface area contributed by atoms with Gasteiger partial charge in [0.05, 0.1) is 7.11 Å². The van der Waals surface area contributed by atoms with Crippen LogP contribution in [0.2, 0.25) is 5.02 Å². The fourth-order valence-electron chi connectivity index (χ4n) is 2.48. The molecule has 0 saturated heterocycles. The van der Waals surface area contributed by atoms with Gasteiger partial charge in [-0.2, -0.15) is 0 Å². The number of allylic oxidation sites excluding steroid dienone is 1. The van der Waals surface area contributed by atoms with Crippen LogP contribution in [-0.4, -0.2) is 12.9 Å². The maximum absolute atomic E-state index is 13.7. The van der Waals surface area contributed by atoms with E-state index in [1.165, 1.54) is 13.2 Å². The summed E-state index contributed by atoms with van der Waals surface area (Å²) in [4.78, 5) is 12.3. The minimum atomic E-state index is -0.451. The highest BCUT2D eigenvalue weighted by molar-refractivity contribution is 6.33. The Kier molecular flexibility index (Phi) is 3.52. The van der Waals surface area contributed by atoms with Crippen molar-refractivity contribution in [3.63, 3.8) is 0 Å². The van der Waals surface area contributed by atoms with Crippen molar-refractivity contribution in [2.45, 2.75) is 6.42 Å². The Morgan fingerprint density at radius 2 is 2.10 bits per heavy atom. The van der Waals surface area contributed by atoms with E-state index in [4.69, 9.17) is 16.3 Å². The lowest BCUT2D eigenvalue weighted by Crippen LogP contribution is -1.95. The number of ether oxygens (including phenoxy) is 1. The number of carbonyl (C=O) groups excluding carboxylic acids is 1. The van der Waals surface area contributed by atoms with Crippen molar-refractivity contribution in [1.29, 1.82) is 0 Å². The lowest BCUT2D eigenvalue weighted by atomic mass is 10.1. The fourth-order valence-corrected chi connectivity index (χ4v) is 2.73. The van der Waals surface area contributed by atoms with Gasteiger partial charge in [-0.3, -0.25) is 4.79 Å². The third-order valence-corrected chi connectivity index (χ3v) is 3.89. The third-order valence-electron chi connectivity index (χ3n) is 3.54. The molecule has 0 heterocycles. The smallest absolute Gasteiger partial charge is 0.189 e. The van der Waals surface area contributed by atoms with Crippen molar-refractivity contribution in [3.05, 3.63) is 69.5 Å². The Hall–Kier alpha value is -2.13. The number of hydrogen-bond donors (Lipinski definition) is 0. The molecule has 0 unspecified atom stereocenters. The Balaban J connectivity index is 1.98. The molecule has 0 fully saturated rings. The molecule has 106 valence electrons. The van der Waals surface area contributed by atoms with Gasteiger partial charge < -0.3 is 4.74 Å². The number of halogens is 2. The maximum atomic E-state index is 13.7. The molecule has 1 aliphatic carbocycles. The molecule has 0 saturated carbocycles. The summed E-state index contributed by atoms with van der Waals surface area (Å²) < 4.78 is 18.6. The quantitative estimate of drug-likeness (QED) is 0.773. The molecule has 0 amide bonds. The predicted octanol–water partition coefficient (Wildman–Crippen LogP) is 4.31. The summed E-state index contributed by atoms with van der Waals surface area (Å²) in [6.07, 6.45) is 2.17. The topological polar surface area (TPSA) is 26.3 Å². The Morgan fingerprint density at radius 3 is 2.76 bits per heavy atom. The minimum absolute atomic E-state index is 0.0521. The van der Waals surface area contributed by atoms with Crippen molar-refractivity contribution in [2.75, 3.05) is 7.11 Å². The standard InChI is InChI=1S/C17H12ClFO2/c1-21-16-6-5-10(8-15(16)19)7-11-9-13-12(17(11)20)3-2-4-14(13)18/h2-8H,9H2,1H3/b11-7-. The van der Waals surface area contributed by atoms with Gasteiger partial charge in [0.15, 0.2) is 17.3 Å². The van der Waals surface area contributed by atoms with E-state index in [1.54, 1.807) is 36.4 Å². The van der Waals surface area contributed by atoms with E-state index in [1.807, 2.05) is 0 Å². The summed E-state index contributed by atoms with van der Waals surface area (Å²) >= 11 is 6.11. The van der Waals surface area contributed by atoms with Crippen LogP contribution < -0.4 is 4.74 Å². The lowest BCUT2D eigenvalue weighted by Gasteiger charge is -2.03. The molecule has 2 aromatic carbocycles. The summed E-state index contributed by atoms with van der Waals surface area (Å²) in [5.74, 6) is -0.321. The summed E-state index contributed by atoms with van der Waals surface area (Å²) in [5.41, 5.74) is 2.70. The van der Waals surface area contributed by atoms with Gasteiger partial charge in [0.1, 0.15) is 0 Å².